The molecule has 1 aromatic heterocycles. The maximum atomic E-state index is 4.59. The van der Waals surface area contributed by atoms with E-state index in [9.17, 15) is 0 Å². The summed E-state index contributed by atoms with van der Waals surface area (Å²) in [4.78, 5) is 11.2. The molecule has 0 atom stereocenters. The van der Waals surface area contributed by atoms with Crippen molar-refractivity contribution >= 4 is 5.95 Å². The molecule has 4 heteroatoms. The number of hydrogen-bond acceptors (Lipinski definition) is 4. The summed E-state index contributed by atoms with van der Waals surface area (Å²) in [5.74, 6) is 0.898. The van der Waals surface area contributed by atoms with Crippen LogP contribution in [0.5, 0.6) is 0 Å². The lowest BCUT2D eigenvalue weighted by atomic mass is 10.1. The average molecular weight is 220 g/mol. The first-order chi connectivity index (χ1) is 7.90. The zero-order chi connectivity index (χ0) is 11.2. The molecule has 1 saturated heterocycles. The van der Waals surface area contributed by atoms with Crippen LogP contribution in [0.15, 0.2) is 12.3 Å². The first kappa shape index (κ1) is 11.3. The highest BCUT2D eigenvalue weighted by atomic mass is 15.2. The average Bonchev–Trinajstić information content (AvgIpc) is 2.38. The summed E-state index contributed by atoms with van der Waals surface area (Å²) in [5, 5.41) is 3.29. The Morgan fingerprint density at radius 1 is 1.31 bits per heavy atom. The van der Waals surface area contributed by atoms with Gasteiger partial charge in [0.2, 0.25) is 5.95 Å². The third-order valence-electron chi connectivity index (χ3n) is 2.90. The summed E-state index contributed by atoms with van der Waals surface area (Å²) in [6.45, 7) is 6.12. The van der Waals surface area contributed by atoms with Gasteiger partial charge in [-0.15, -0.1) is 0 Å². The fourth-order valence-corrected chi connectivity index (χ4v) is 1.98. The van der Waals surface area contributed by atoms with Gasteiger partial charge in [0.1, 0.15) is 0 Å². The van der Waals surface area contributed by atoms with Gasteiger partial charge in [0.15, 0.2) is 0 Å². The topological polar surface area (TPSA) is 41.1 Å². The zero-order valence-corrected chi connectivity index (χ0v) is 9.95. The molecule has 4 nitrogen and oxygen atoms in total. The Balaban J connectivity index is 2.02. The number of rotatable bonds is 4. The van der Waals surface area contributed by atoms with Crippen LogP contribution in [0.1, 0.15) is 31.9 Å². The van der Waals surface area contributed by atoms with Gasteiger partial charge in [0, 0.05) is 25.8 Å². The summed E-state index contributed by atoms with van der Waals surface area (Å²) < 4.78 is 0. The van der Waals surface area contributed by atoms with Crippen molar-refractivity contribution in [1.29, 1.82) is 0 Å². The molecule has 0 aliphatic carbocycles. The number of anilines is 1. The van der Waals surface area contributed by atoms with E-state index in [-0.39, 0.29) is 0 Å². The Kier molecular flexibility index (Phi) is 4.10. The van der Waals surface area contributed by atoms with Gasteiger partial charge in [0.25, 0.3) is 0 Å². The molecular formula is C12H20N4. The number of nitrogens with zero attached hydrogens (tertiary/aromatic N) is 3. The van der Waals surface area contributed by atoms with Crippen molar-refractivity contribution in [3.63, 3.8) is 0 Å². The highest BCUT2D eigenvalue weighted by molar-refractivity contribution is 5.30. The van der Waals surface area contributed by atoms with Crippen LogP contribution >= 0.6 is 0 Å². The first-order valence-electron chi connectivity index (χ1n) is 6.17. The molecule has 0 spiro atoms. The zero-order valence-electron chi connectivity index (χ0n) is 9.95. The van der Waals surface area contributed by atoms with Crippen LogP contribution in [0.2, 0.25) is 0 Å². The van der Waals surface area contributed by atoms with E-state index in [0.29, 0.717) is 0 Å². The highest BCUT2D eigenvalue weighted by Gasteiger charge is 2.13. The lowest BCUT2D eigenvalue weighted by Gasteiger charge is -2.26. The van der Waals surface area contributed by atoms with Crippen LogP contribution < -0.4 is 10.2 Å². The quantitative estimate of drug-likeness (QED) is 0.836. The molecule has 16 heavy (non-hydrogen) atoms. The van der Waals surface area contributed by atoms with Gasteiger partial charge >= 0.3 is 0 Å². The van der Waals surface area contributed by atoms with Crippen molar-refractivity contribution in [2.75, 3.05) is 24.5 Å². The summed E-state index contributed by atoms with van der Waals surface area (Å²) in [6.07, 6.45) is 5.73. The van der Waals surface area contributed by atoms with Crippen molar-refractivity contribution in [1.82, 2.24) is 15.3 Å². The monoisotopic (exact) mass is 220 g/mol. The second kappa shape index (κ2) is 5.80. The Morgan fingerprint density at radius 2 is 2.12 bits per heavy atom. The number of hydrogen-bond donors (Lipinski definition) is 1. The lowest BCUT2D eigenvalue weighted by Crippen LogP contribution is -2.31. The van der Waals surface area contributed by atoms with Crippen LogP contribution in [0.3, 0.4) is 0 Å². The van der Waals surface area contributed by atoms with Gasteiger partial charge in [-0.05, 0) is 31.9 Å². The standard InChI is InChI=1S/C12H20N4/c1-2-13-10-11-6-7-14-12(15-11)16-8-4-3-5-9-16/h6-7,13H,2-5,8-10H2,1H3. The Morgan fingerprint density at radius 3 is 2.88 bits per heavy atom. The van der Waals surface area contributed by atoms with Crippen LogP contribution in [0, 0.1) is 0 Å². The van der Waals surface area contributed by atoms with Gasteiger partial charge in [-0.25, -0.2) is 9.97 Å². The fraction of sp³-hybridized carbons (Fsp3) is 0.667. The van der Waals surface area contributed by atoms with Crippen molar-refractivity contribution in [3.8, 4) is 0 Å². The van der Waals surface area contributed by atoms with E-state index in [0.717, 1.165) is 37.8 Å². The predicted octanol–water partition coefficient (Wildman–Crippen LogP) is 1.58. The van der Waals surface area contributed by atoms with Gasteiger partial charge in [-0.1, -0.05) is 6.92 Å². The number of nitrogens with one attached hydrogen (secondary N) is 1. The Labute approximate surface area is 97.1 Å². The summed E-state index contributed by atoms with van der Waals surface area (Å²) in [5.41, 5.74) is 1.08. The third-order valence-corrected chi connectivity index (χ3v) is 2.90. The third kappa shape index (κ3) is 2.92. The minimum atomic E-state index is 0.833. The van der Waals surface area contributed by atoms with E-state index in [1.165, 1.54) is 19.3 Å². The molecular weight excluding hydrogens is 200 g/mol. The van der Waals surface area contributed by atoms with E-state index in [2.05, 4.69) is 27.1 Å². The molecule has 0 amide bonds. The maximum absolute atomic E-state index is 4.59. The molecule has 88 valence electrons. The van der Waals surface area contributed by atoms with E-state index in [4.69, 9.17) is 0 Å². The summed E-state index contributed by atoms with van der Waals surface area (Å²) >= 11 is 0. The van der Waals surface area contributed by atoms with E-state index >= 15 is 0 Å². The van der Waals surface area contributed by atoms with Crippen LogP contribution in [0.25, 0.3) is 0 Å². The largest absolute Gasteiger partial charge is 0.341 e. The molecule has 1 aliphatic rings. The molecule has 2 rings (SSSR count). The van der Waals surface area contributed by atoms with Crippen molar-refractivity contribution in [2.45, 2.75) is 32.7 Å². The summed E-state index contributed by atoms with van der Waals surface area (Å²) in [7, 11) is 0. The van der Waals surface area contributed by atoms with Crippen molar-refractivity contribution in [2.24, 2.45) is 0 Å². The molecule has 1 aliphatic heterocycles. The molecule has 0 aromatic carbocycles. The second-order valence-electron chi connectivity index (χ2n) is 4.18. The molecule has 0 bridgehead atoms. The minimum Gasteiger partial charge on any atom is -0.341 e. The van der Waals surface area contributed by atoms with E-state index in [1.807, 2.05) is 12.3 Å². The van der Waals surface area contributed by atoms with Crippen LogP contribution in [0.4, 0.5) is 5.95 Å². The Hall–Kier alpha value is -1.16. The second-order valence-corrected chi connectivity index (χ2v) is 4.18. The minimum absolute atomic E-state index is 0.833. The SMILES string of the molecule is CCNCc1ccnc(N2CCCCC2)n1. The van der Waals surface area contributed by atoms with E-state index in [1.54, 1.807) is 0 Å². The summed E-state index contributed by atoms with van der Waals surface area (Å²) in [6, 6.07) is 1.98. The molecule has 0 unspecified atom stereocenters. The van der Waals surface area contributed by atoms with Gasteiger partial charge in [-0.3, -0.25) is 0 Å². The van der Waals surface area contributed by atoms with Crippen LogP contribution in [-0.4, -0.2) is 29.6 Å². The molecule has 0 radical (unpaired) electrons. The van der Waals surface area contributed by atoms with Crippen LogP contribution in [-0.2, 0) is 6.54 Å². The molecule has 1 N–H and O–H groups in total. The predicted molar refractivity (Wildman–Crippen MR) is 65.5 cm³/mol. The normalized spacial score (nSPS) is 16.4. The molecule has 1 fully saturated rings. The smallest absolute Gasteiger partial charge is 0.225 e. The van der Waals surface area contributed by atoms with Gasteiger partial charge < -0.3 is 10.2 Å². The molecule has 1 aromatic rings. The lowest BCUT2D eigenvalue weighted by molar-refractivity contribution is 0.566. The van der Waals surface area contributed by atoms with Gasteiger partial charge in [0.05, 0.1) is 5.69 Å². The molecule has 0 saturated carbocycles. The molecule has 2 heterocycles. The Bertz CT molecular complexity index is 321. The van der Waals surface area contributed by atoms with E-state index < -0.39 is 0 Å². The van der Waals surface area contributed by atoms with Crippen molar-refractivity contribution < 1.29 is 0 Å². The van der Waals surface area contributed by atoms with Crippen molar-refractivity contribution in [3.05, 3.63) is 18.0 Å². The van der Waals surface area contributed by atoms with Gasteiger partial charge in [-0.2, -0.15) is 0 Å². The highest BCUT2D eigenvalue weighted by Crippen LogP contribution is 2.15. The number of aromatic nitrogens is 2. The first-order valence-corrected chi connectivity index (χ1v) is 6.17. The fourth-order valence-electron chi connectivity index (χ4n) is 1.98. The maximum Gasteiger partial charge on any atom is 0.225 e. The number of piperidine rings is 1.